The van der Waals surface area contributed by atoms with Crippen LogP contribution >= 0.6 is 0 Å². The number of aromatic nitrogens is 4. The van der Waals surface area contributed by atoms with Crippen molar-refractivity contribution < 1.29 is 4.79 Å². The lowest BCUT2D eigenvalue weighted by Crippen LogP contribution is -2.36. The van der Waals surface area contributed by atoms with Gasteiger partial charge in [0.05, 0.1) is 6.20 Å². The van der Waals surface area contributed by atoms with E-state index in [1.165, 1.54) is 6.08 Å². The fraction of sp³-hybridized carbons (Fsp3) is 0.417. The Morgan fingerprint density at radius 1 is 1.21 bits per heavy atom. The molecular formula is C24H32N8O. The summed E-state index contributed by atoms with van der Waals surface area (Å²) in [6.45, 7) is 5.59. The highest BCUT2D eigenvalue weighted by Crippen LogP contribution is 2.26. The molecule has 0 atom stereocenters. The van der Waals surface area contributed by atoms with Gasteiger partial charge >= 0.3 is 0 Å². The summed E-state index contributed by atoms with van der Waals surface area (Å²) < 4.78 is 1.72. The van der Waals surface area contributed by atoms with Crippen LogP contribution in [0.5, 0.6) is 0 Å². The van der Waals surface area contributed by atoms with Crippen LogP contribution in [0.25, 0.3) is 5.65 Å². The van der Waals surface area contributed by atoms with Crippen molar-refractivity contribution in [3.63, 3.8) is 0 Å². The number of hydrogen-bond acceptors (Lipinski definition) is 7. The third-order valence-electron chi connectivity index (χ3n) is 6.15. The van der Waals surface area contributed by atoms with Gasteiger partial charge in [-0.25, -0.2) is 0 Å². The minimum atomic E-state index is -0.258. The van der Waals surface area contributed by atoms with E-state index < -0.39 is 0 Å². The molecule has 33 heavy (non-hydrogen) atoms. The molecule has 1 aromatic carbocycles. The summed E-state index contributed by atoms with van der Waals surface area (Å²) in [4.78, 5) is 23.5. The van der Waals surface area contributed by atoms with Gasteiger partial charge in [0.2, 0.25) is 17.8 Å². The predicted molar refractivity (Wildman–Crippen MR) is 132 cm³/mol. The van der Waals surface area contributed by atoms with E-state index >= 15 is 0 Å². The normalized spacial score (nSPS) is 18.3. The average Bonchev–Trinajstić information content (AvgIpc) is 3.23. The maximum atomic E-state index is 11.7. The number of carbonyl (C=O) groups excluding carboxylic acids is 1. The van der Waals surface area contributed by atoms with Gasteiger partial charge in [-0.05, 0) is 70.5 Å². The summed E-state index contributed by atoms with van der Waals surface area (Å²) >= 11 is 0. The van der Waals surface area contributed by atoms with Crippen molar-refractivity contribution in [1.29, 1.82) is 0 Å². The minimum absolute atomic E-state index is 0.258. The first kappa shape index (κ1) is 22.7. The molecule has 0 aliphatic heterocycles. The second-order valence-corrected chi connectivity index (χ2v) is 8.64. The number of carbonyl (C=O) groups is 1. The molecule has 2 heterocycles. The lowest BCUT2D eigenvalue weighted by atomic mass is 9.91. The number of benzene rings is 1. The van der Waals surface area contributed by atoms with Gasteiger partial charge in [-0.3, -0.25) is 4.79 Å². The lowest BCUT2D eigenvalue weighted by molar-refractivity contribution is -0.111. The molecule has 9 nitrogen and oxygen atoms in total. The third kappa shape index (κ3) is 5.31. The molecule has 3 aromatic rings. The number of fused-ring (bicyclic) bond motifs is 1. The smallest absolute Gasteiger partial charge is 0.247 e. The van der Waals surface area contributed by atoms with Crippen LogP contribution in [-0.4, -0.2) is 56.6 Å². The molecule has 0 unspecified atom stereocenters. The predicted octanol–water partition coefficient (Wildman–Crippen LogP) is 3.84. The highest BCUT2D eigenvalue weighted by Gasteiger charge is 2.23. The van der Waals surface area contributed by atoms with Crippen molar-refractivity contribution in [3.05, 3.63) is 48.7 Å². The van der Waals surface area contributed by atoms with Crippen molar-refractivity contribution in [3.8, 4) is 0 Å². The van der Waals surface area contributed by atoms with Crippen LogP contribution < -0.4 is 16.0 Å². The van der Waals surface area contributed by atoms with Crippen LogP contribution in [0.1, 0.15) is 38.2 Å². The summed E-state index contributed by atoms with van der Waals surface area (Å²) in [6, 6.07) is 8.43. The first-order valence-electron chi connectivity index (χ1n) is 11.4. The molecule has 1 fully saturated rings. The van der Waals surface area contributed by atoms with E-state index in [0.717, 1.165) is 49.0 Å². The summed E-state index contributed by atoms with van der Waals surface area (Å²) in [5.41, 5.74) is 3.30. The number of nitrogens with one attached hydrogen (secondary N) is 3. The molecule has 0 bridgehead atoms. The van der Waals surface area contributed by atoms with Gasteiger partial charge in [0.15, 0.2) is 5.65 Å². The van der Waals surface area contributed by atoms with E-state index in [1.807, 2.05) is 30.5 Å². The van der Waals surface area contributed by atoms with Crippen LogP contribution in [0.2, 0.25) is 0 Å². The van der Waals surface area contributed by atoms with Crippen molar-refractivity contribution in [1.82, 2.24) is 24.5 Å². The Morgan fingerprint density at radius 3 is 2.67 bits per heavy atom. The highest BCUT2D eigenvalue weighted by atomic mass is 16.1. The Kier molecular flexibility index (Phi) is 6.88. The molecule has 4 rings (SSSR count). The van der Waals surface area contributed by atoms with Crippen LogP contribution in [-0.2, 0) is 11.2 Å². The molecule has 1 amide bonds. The fourth-order valence-electron chi connectivity index (χ4n) is 4.23. The zero-order valence-corrected chi connectivity index (χ0v) is 19.5. The average molecular weight is 449 g/mol. The zero-order chi connectivity index (χ0) is 23.4. The van der Waals surface area contributed by atoms with E-state index in [-0.39, 0.29) is 5.91 Å². The van der Waals surface area contributed by atoms with E-state index in [4.69, 9.17) is 9.97 Å². The Labute approximate surface area is 194 Å². The molecule has 0 radical (unpaired) electrons. The Morgan fingerprint density at radius 2 is 1.97 bits per heavy atom. The van der Waals surface area contributed by atoms with Crippen LogP contribution in [0.4, 0.5) is 23.3 Å². The van der Waals surface area contributed by atoms with Gasteiger partial charge in [-0.15, -0.1) is 0 Å². The van der Waals surface area contributed by atoms with Crippen LogP contribution in [0.3, 0.4) is 0 Å². The Balaban J connectivity index is 1.59. The molecule has 3 N–H and O–H groups in total. The van der Waals surface area contributed by atoms with Crippen molar-refractivity contribution in [2.75, 3.05) is 30.0 Å². The summed E-state index contributed by atoms with van der Waals surface area (Å²) in [7, 11) is 4.30. The van der Waals surface area contributed by atoms with Gasteiger partial charge in [0.25, 0.3) is 0 Å². The zero-order valence-electron chi connectivity index (χ0n) is 19.5. The standard InChI is InChI=1S/C24H32N8O/c1-5-16-15-25-32-22(16)29-23(27-17-10-12-20(13-11-17)31(3)4)30-24(32)28-19-9-7-8-18(14-19)26-21(33)6-2/h6-9,14-15,17,20H,2,5,10-13H2,1,3-4H3,(H,26,33)(H2,27,28,29,30). The Bertz CT molecular complexity index is 1130. The number of amides is 1. The molecule has 0 saturated heterocycles. The topological polar surface area (TPSA) is 99.5 Å². The molecule has 9 heteroatoms. The molecule has 1 aliphatic rings. The van der Waals surface area contributed by atoms with Gasteiger partial charge in [0, 0.05) is 29.0 Å². The number of hydrogen-bond donors (Lipinski definition) is 3. The first-order chi connectivity index (χ1) is 16.0. The molecule has 174 valence electrons. The van der Waals surface area contributed by atoms with Crippen molar-refractivity contribution in [2.24, 2.45) is 0 Å². The highest BCUT2D eigenvalue weighted by molar-refractivity contribution is 5.99. The third-order valence-corrected chi connectivity index (χ3v) is 6.15. The molecule has 0 spiro atoms. The molecular weight excluding hydrogens is 416 g/mol. The molecule has 1 aliphatic carbocycles. The quantitative estimate of drug-likeness (QED) is 0.450. The molecule has 1 saturated carbocycles. The number of nitrogens with zero attached hydrogens (tertiary/aromatic N) is 5. The number of rotatable bonds is 8. The van der Waals surface area contributed by atoms with E-state index in [9.17, 15) is 4.79 Å². The summed E-state index contributed by atoms with van der Waals surface area (Å²) in [6.07, 6.45) is 8.41. The lowest BCUT2D eigenvalue weighted by Gasteiger charge is -2.33. The van der Waals surface area contributed by atoms with Gasteiger partial charge in [-0.1, -0.05) is 19.6 Å². The van der Waals surface area contributed by atoms with Crippen molar-refractivity contribution in [2.45, 2.75) is 51.1 Å². The second-order valence-electron chi connectivity index (χ2n) is 8.64. The number of anilines is 4. The van der Waals surface area contributed by atoms with Gasteiger partial charge in [0.1, 0.15) is 0 Å². The minimum Gasteiger partial charge on any atom is -0.351 e. The van der Waals surface area contributed by atoms with E-state index in [2.05, 4.69) is 53.5 Å². The van der Waals surface area contributed by atoms with E-state index in [1.54, 1.807) is 4.52 Å². The summed E-state index contributed by atoms with van der Waals surface area (Å²) in [5.74, 6) is 0.910. The largest absolute Gasteiger partial charge is 0.351 e. The summed E-state index contributed by atoms with van der Waals surface area (Å²) in [5, 5.41) is 14.2. The molecule has 2 aromatic heterocycles. The number of aryl methyl sites for hydroxylation is 1. The fourth-order valence-corrected chi connectivity index (χ4v) is 4.23. The van der Waals surface area contributed by atoms with Crippen molar-refractivity contribution >= 4 is 34.8 Å². The second kappa shape index (κ2) is 9.99. The Hall–Kier alpha value is -3.46. The maximum Gasteiger partial charge on any atom is 0.247 e. The van der Waals surface area contributed by atoms with Gasteiger partial charge in [-0.2, -0.15) is 19.6 Å². The maximum absolute atomic E-state index is 11.7. The SMILES string of the molecule is C=CC(=O)Nc1cccc(Nc2nc(NC3CCC(N(C)C)CC3)nc3c(CC)cnn23)c1. The van der Waals surface area contributed by atoms with Gasteiger partial charge < -0.3 is 20.9 Å². The van der Waals surface area contributed by atoms with Crippen LogP contribution in [0, 0.1) is 0 Å². The van der Waals surface area contributed by atoms with E-state index in [0.29, 0.717) is 29.7 Å². The van der Waals surface area contributed by atoms with Crippen LogP contribution in [0.15, 0.2) is 43.1 Å². The monoisotopic (exact) mass is 448 g/mol. The first-order valence-corrected chi connectivity index (χ1v) is 11.4.